The molecule has 1 heterocycles. The average Bonchev–Trinajstić information content (AvgIpc) is 2.54. The molecule has 7 heteroatoms. The normalized spacial score (nSPS) is 16.4. The third-order valence-corrected chi connectivity index (χ3v) is 4.25. The maximum absolute atomic E-state index is 13.4. The largest absolute Gasteiger partial charge is 0.383 e. The fraction of sp³-hybridized carbons (Fsp3) is 0.556. The Balaban J connectivity index is 1.82. The van der Waals surface area contributed by atoms with Gasteiger partial charge in [-0.1, -0.05) is 0 Å². The fourth-order valence-electron chi connectivity index (χ4n) is 3.01. The highest BCUT2D eigenvalue weighted by atomic mass is 19.1. The predicted molar refractivity (Wildman–Crippen MR) is 93.9 cm³/mol. The molecular weight excluding hydrogens is 325 g/mol. The van der Waals surface area contributed by atoms with E-state index in [0.29, 0.717) is 38.2 Å². The van der Waals surface area contributed by atoms with Crippen LogP contribution in [0.5, 0.6) is 0 Å². The van der Waals surface area contributed by atoms with Gasteiger partial charge in [0.2, 0.25) is 5.91 Å². The monoisotopic (exact) mass is 351 g/mol. The van der Waals surface area contributed by atoms with E-state index in [0.717, 1.165) is 5.56 Å². The molecule has 0 saturated carbocycles. The molecule has 25 heavy (non-hydrogen) atoms. The molecule has 0 aromatic heterocycles. The van der Waals surface area contributed by atoms with Gasteiger partial charge in [-0.05, 0) is 50.5 Å². The second-order valence-corrected chi connectivity index (χ2v) is 6.57. The zero-order valence-electron chi connectivity index (χ0n) is 15.0. The number of halogens is 1. The number of carbonyl (C=O) groups is 2. The van der Waals surface area contributed by atoms with Crippen molar-refractivity contribution in [2.45, 2.75) is 32.7 Å². The number of hydrogen-bond donors (Lipinski definition) is 2. The van der Waals surface area contributed by atoms with Crippen LogP contribution in [0.15, 0.2) is 18.2 Å². The van der Waals surface area contributed by atoms with E-state index in [1.165, 1.54) is 12.1 Å². The van der Waals surface area contributed by atoms with Gasteiger partial charge in [-0.15, -0.1) is 0 Å². The summed E-state index contributed by atoms with van der Waals surface area (Å²) >= 11 is 0. The smallest absolute Gasteiger partial charge is 0.321 e. The van der Waals surface area contributed by atoms with Gasteiger partial charge < -0.3 is 20.3 Å². The van der Waals surface area contributed by atoms with Crippen LogP contribution in [-0.4, -0.2) is 49.7 Å². The van der Waals surface area contributed by atoms with E-state index in [1.54, 1.807) is 25.0 Å². The molecule has 6 nitrogen and oxygen atoms in total. The van der Waals surface area contributed by atoms with Gasteiger partial charge in [0, 0.05) is 37.8 Å². The van der Waals surface area contributed by atoms with Crippen LogP contribution >= 0.6 is 0 Å². The lowest BCUT2D eigenvalue weighted by Crippen LogP contribution is -2.46. The van der Waals surface area contributed by atoms with Crippen molar-refractivity contribution in [3.05, 3.63) is 29.6 Å². The van der Waals surface area contributed by atoms with E-state index < -0.39 is 0 Å². The van der Waals surface area contributed by atoms with Crippen molar-refractivity contribution < 1.29 is 18.7 Å². The minimum Gasteiger partial charge on any atom is -0.383 e. The van der Waals surface area contributed by atoms with Crippen LogP contribution < -0.4 is 10.6 Å². The molecule has 0 spiro atoms. The molecule has 0 aliphatic carbocycles. The summed E-state index contributed by atoms with van der Waals surface area (Å²) in [4.78, 5) is 26.2. The first-order chi connectivity index (χ1) is 11.9. The predicted octanol–water partition coefficient (Wildman–Crippen LogP) is 2.53. The summed E-state index contributed by atoms with van der Waals surface area (Å²) in [5, 5.41) is 5.64. The highest BCUT2D eigenvalue weighted by Gasteiger charge is 2.28. The maximum Gasteiger partial charge on any atom is 0.321 e. The number of piperidine rings is 1. The molecule has 0 radical (unpaired) electrons. The molecular formula is C18H26FN3O3. The minimum absolute atomic E-state index is 0.00497. The van der Waals surface area contributed by atoms with E-state index in [1.807, 2.05) is 6.92 Å². The molecule has 1 aromatic carbocycles. The molecule has 1 atom stereocenters. The van der Waals surface area contributed by atoms with Gasteiger partial charge in [0.1, 0.15) is 5.82 Å². The molecule has 1 aliphatic heterocycles. The summed E-state index contributed by atoms with van der Waals surface area (Å²) < 4.78 is 18.4. The number of nitrogens with one attached hydrogen (secondary N) is 2. The van der Waals surface area contributed by atoms with Crippen LogP contribution in [-0.2, 0) is 9.53 Å². The number of benzene rings is 1. The van der Waals surface area contributed by atoms with E-state index in [2.05, 4.69) is 10.6 Å². The lowest BCUT2D eigenvalue weighted by Gasteiger charge is -2.32. The average molecular weight is 351 g/mol. The number of likely N-dealkylation sites (tertiary alicyclic amines) is 1. The number of aryl methyl sites for hydroxylation is 1. The van der Waals surface area contributed by atoms with Gasteiger partial charge in [-0.2, -0.15) is 0 Å². The Kier molecular flexibility index (Phi) is 6.75. The van der Waals surface area contributed by atoms with E-state index in [-0.39, 0.29) is 29.7 Å². The van der Waals surface area contributed by atoms with Gasteiger partial charge >= 0.3 is 6.03 Å². The highest BCUT2D eigenvalue weighted by molar-refractivity contribution is 5.89. The molecule has 0 unspecified atom stereocenters. The molecule has 1 fully saturated rings. The lowest BCUT2D eigenvalue weighted by molar-refractivity contribution is -0.127. The summed E-state index contributed by atoms with van der Waals surface area (Å²) in [6, 6.07) is 4.12. The van der Waals surface area contributed by atoms with Crippen molar-refractivity contribution in [1.29, 1.82) is 0 Å². The molecule has 3 amide bonds. The number of methoxy groups -OCH3 is 1. The van der Waals surface area contributed by atoms with Gasteiger partial charge in [0.15, 0.2) is 0 Å². The van der Waals surface area contributed by atoms with Crippen LogP contribution in [0.4, 0.5) is 14.9 Å². The quantitative estimate of drug-likeness (QED) is 0.856. The lowest BCUT2D eigenvalue weighted by atomic mass is 9.96. The highest BCUT2D eigenvalue weighted by Crippen LogP contribution is 2.19. The van der Waals surface area contributed by atoms with E-state index >= 15 is 0 Å². The number of carbonyl (C=O) groups excluding carboxylic acids is 2. The number of hydrogen-bond acceptors (Lipinski definition) is 3. The standard InChI is InChI=1S/C18H26FN3O3/c1-12-8-15(19)10-16(9-12)21-18(24)22-6-4-14(5-7-22)17(23)20-13(2)11-25-3/h8-10,13-14H,4-7,11H2,1-3H3,(H,20,23)(H,21,24)/t13-/m0/s1. The second-order valence-electron chi connectivity index (χ2n) is 6.57. The molecule has 1 aromatic rings. The molecule has 1 saturated heterocycles. The van der Waals surface area contributed by atoms with Crippen molar-refractivity contribution in [2.24, 2.45) is 5.92 Å². The Morgan fingerprint density at radius 3 is 2.60 bits per heavy atom. The fourth-order valence-corrected chi connectivity index (χ4v) is 3.01. The Labute approximate surface area is 147 Å². The van der Waals surface area contributed by atoms with Crippen LogP contribution in [0.2, 0.25) is 0 Å². The summed E-state index contributed by atoms with van der Waals surface area (Å²) in [5.41, 5.74) is 1.19. The molecule has 138 valence electrons. The zero-order valence-corrected chi connectivity index (χ0v) is 15.0. The van der Waals surface area contributed by atoms with Gasteiger partial charge in [-0.3, -0.25) is 4.79 Å². The Hall–Kier alpha value is -2.15. The molecule has 1 aliphatic rings. The topological polar surface area (TPSA) is 70.7 Å². The van der Waals surface area contributed by atoms with Crippen molar-refractivity contribution in [2.75, 3.05) is 32.1 Å². The third-order valence-electron chi connectivity index (χ3n) is 4.25. The SMILES string of the molecule is COC[C@H](C)NC(=O)C1CCN(C(=O)Nc2cc(C)cc(F)c2)CC1. The first kappa shape index (κ1) is 19.2. The second kappa shape index (κ2) is 8.80. The Morgan fingerprint density at radius 2 is 2.00 bits per heavy atom. The van der Waals surface area contributed by atoms with Crippen LogP contribution in [0.1, 0.15) is 25.3 Å². The molecule has 2 rings (SSSR count). The van der Waals surface area contributed by atoms with Crippen LogP contribution in [0.25, 0.3) is 0 Å². The van der Waals surface area contributed by atoms with Crippen molar-refractivity contribution in [1.82, 2.24) is 10.2 Å². The van der Waals surface area contributed by atoms with Crippen molar-refractivity contribution in [3.8, 4) is 0 Å². The first-order valence-electron chi connectivity index (χ1n) is 8.51. The Morgan fingerprint density at radius 1 is 1.32 bits per heavy atom. The van der Waals surface area contributed by atoms with Gasteiger partial charge in [0.25, 0.3) is 0 Å². The Bertz CT molecular complexity index is 595. The van der Waals surface area contributed by atoms with Crippen LogP contribution in [0.3, 0.4) is 0 Å². The number of rotatable bonds is 5. The summed E-state index contributed by atoms with van der Waals surface area (Å²) in [5.74, 6) is -0.471. The maximum atomic E-state index is 13.4. The summed E-state index contributed by atoms with van der Waals surface area (Å²) in [6.07, 6.45) is 1.22. The minimum atomic E-state index is -0.379. The first-order valence-corrected chi connectivity index (χ1v) is 8.51. The van der Waals surface area contributed by atoms with Crippen molar-refractivity contribution in [3.63, 3.8) is 0 Å². The number of amides is 3. The number of urea groups is 1. The van der Waals surface area contributed by atoms with Gasteiger partial charge in [-0.25, -0.2) is 9.18 Å². The third kappa shape index (κ3) is 5.70. The van der Waals surface area contributed by atoms with Crippen LogP contribution in [0, 0.1) is 18.7 Å². The zero-order chi connectivity index (χ0) is 18.4. The van der Waals surface area contributed by atoms with E-state index in [9.17, 15) is 14.0 Å². The van der Waals surface area contributed by atoms with E-state index in [4.69, 9.17) is 4.74 Å². The molecule has 2 N–H and O–H groups in total. The molecule has 0 bridgehead atoms. The summed E-state index contributed by atoms with van der Waals surface area (Å²) in [7, 11) is 1.60. The number of anilines is 1. The number of nitrogens with zero attached hydrogens (tertiary/aromatic N) is 1. The van der Waals surface area contributed by atoms with Gasteiger partial charge in [0.05, 0.1) is 6.61 Å². The van der Waals surface area contributed by atoms with Crippen molar-refractivity contribution >= 4 is 17.6 Å². The number of ether oxygens (including phenoxy) is 1. The summed E-state index contributed by atoms with van der Waals surface area (Å²) in [6.45, 7) is 5.13.